The van der Waals surface area contributed by atoms with Gasteiger partial charge in [-0.25, -0.2) is 0 Å². The Bertz CT molecular complexity index is 366. The average molecular weight is 228 g/mol. The molecule has 1 unspecified atom stereocenters. The first-order valence-electron chi connectivity index (χ1n) is 4.66. The lowest BCUT2D eigenvalue weighted by atomic mass is 10.0. The molecular weight excluding hydrogens is 214 g/mol. The number of ether oxygens (including phenoxy) is 1. The molecule has 2 N–H and O–H groups in total. The molecule has 0 spiro atoms. The summed E-state index contributed by atoms with van der Waals surface area (Å²) in [5, 5.41) is 0.625. The zero-order chi connectivity index (χ0) is 11.4. The molecule has 3 nitrogen and oxygen atoms in total. The van der Waals surface area contributed by atoms with E-state index in [9.17, 15) is 4.79 Å². The summed E-state index contributed by atoms with van der Waals surface area (Å²) in [4.78, 5) is 11.2. The first kappa shape index (κ1) is 11.9. The molecule has 0 bridgehead atoms. The smallest absolute Gasteiger partial charge is 0.308 e. The minimum absolute atomic E-state index is 0.214. The van der Waals surface area contributed by atoms with Gasteiger partial charge in [0, 0.05) is 10.7 Å². The van der Waals surface area contributed by atoms with E-state index in [-0.39, 0.29) is 11.9 Å². The van der Waals surface area contributed by atoms with Gasteiger partial charge >= 0.3 is 5.97 Å². The summed E-state index contributed by atoms with van der Waals surface area (Å²) in [6, 6.07) is 5.24. The highest BCUT2D eigenvalue weighted by atomic mass is 35.5. The molecule has 82 valence electrons. The monoisotopic (exact) mass is 227 g/mol. The van der Waals surface area contributed by atoms with E-state index in [4.69, 9.17) is 17.3 Å². The molecule has 0 aromatic heterocycles. The molecule has 0 aliphatic heterocycles. The molecule has 0 saturated heterocycles. The molecular formula is C11H14ClNO2. The largest absolute Gasteiger partial charge is 0.469 e. The minimum Gasteiger partial charge on any atom is -0.469 e. The van der Waals surface area contributed by atoms with E-state index in [0.717, 1.165) is 5.56 Å². The van der Waals surface area contributed by atoms with Crippen LogP contribution >= 0.6 is 11.6 Å². The number of carbonyl (C=O) groups is 1. The second-order valence-corrected chi connectivity index (χ2v) is 3.89. The molecule has 1 atom stereocenters. The van der Waals surface area contributed by atoms with Crippen molar-refractivity contribution in [2.45, 2.75) is 13.3 Å². The Labute approximate surface area is 94.2 Å². The second-order valence-electron chi connectivity index (χ2n) is 3.48. The van der Waals surface area contributed by atoms with Crippen LogP contribution in [-0.2, 0) is 16.0 Å². The highest BCUT2D eigenvalue weighted by Crippen LogP contribution is 2.22. The van der Waals surface area contributed by atoms with E-state index >= 15 is 0 Å². The maximum absolute atomic E-state index is 11.2. The molecule has 0 aliphatic carbocycles. The summed E-state index contributed by atoms with van der Waals surface area (Å²) in [5.41, 5.74) is 7.15. The van der Waals surface area contributed by atoms with E-state index in [1.807, 2.05) is 0 Å². The SMILES string of the molecule is COC(=O)C(C)Cc1cc(N)ccc1Cl. The molecule has 4 heteroatoms. The van der Waals surface area contributed by atoms with E-state index in [0.29, 0.717) is 17.1 Å². The van der Waals surface area contributed by atoms with Crippen molar-refractivity contribution >= 4 is 23.3 Å². The van der Waals surface area contributed by atoms with Crippen LogP contribution in [0.15, 0.2) is 18.2 Å². The first-order chi connectivity index (χ1) is 7.04. The zero-order valence-corrected chi connectivity index (χ0v) is 9.54. The van der Waals surface area contributed by atoms with E-state index in [1.54, 1.807) is 25.1 Å². The fraction of sp³-hybridized carbons (Fsp3) is 0.364. The summed E-state index contributed by atoms with van der Waals surface area (Å²) in [7, 11) is 1.37. The molecule has 1 rings (SSSR count). The Hall–Kier alpha value is -1.22. The topological polar surface area (TPSA) is 52.3 Å². The van der Waals surface area contributed by atoms with Crippen molar-refractivity contribution in [3.8, 4) is 0 Å². The van der Waals surface area contributed by atoms with Gasteiger partial charge in [-0.05, 0) is 30.2 Å². The molecule has 15 heavy (non-hydrogen) atoms. The van der Waals surface area contributed by atoms with Crippen molar-refractivity contribution in [2.75, 3.05) is 12.8 Å². The number of nitrogens with two attached hydrogens (primary N) is 1. The van der Waals surface area contributed by atoms with Crippen LogP contribution in [0.1, 0.15) is 12.5 Å². The Morgan fingerprint density at radius 2 is 2.27 bits per heavy atom. The van der Waals surface area contributed by atoms with Crippen LogP contribution in [0.3, 0.4) is 0 Å². The minimum atomic E-state index is -0.242. The van der Waals surface area contributed by atoms with Crippen LogP contribution in [0.25, 0.3) is 0 Å². The van der Waals surface area contributed by atoms with Gasteiger partial charge in [0.25, 0.3) is 0 Å². The lowest BCUT2D eigenvalue weighted by Crippen LogP contribution is -2.15. The fourth-order valence-electron chi connectivity index (χ4n) is 1.37. The standard InChI is InChI=1S/C11H14ClNO2/c1-7(11(14)15-2)5-8-6-9(13)3-4-10(8)12/h3-4,6-7H,5,13H2,1-2H3. The fourth-order valence-corrected chi connectivity index (χ4v) is 1.56. The van der Waals surface area contributed by atoms with E-state index < -0.39 is 0 Å². The number of carbonyl (C=O) groups excluding carboxylic acids is 1. The summed E-state index contributed by atoms with van der Waals surface area (Å²) in [6.07, 6.45) is 0.538. The molecule has 0 amide bonds. The molecule has 0 heterocycles. The number of hydrogen-bond acceptors (Lipinski definition) is 3. The van der Waals surface area contributed by atoms with Gasteiger partial charge in [-0.1, -0.05) is 18.5 Å². The Morgan fingerprint density at radius 3 is 2.87 bits per heavy atom. The number of anilines is 1. The molecule has 0 saturated carbocycles. The van der Waals surface area contributed by atoms with Crippen LogP contribution in [0.2, 0.25) is 5.02 Å². The number of halogens is 1. The van der Waals surface area contributed by atoms with E-state index in [2.05, 4.69) is 4.74 Å². The number of hydrogen-bond donors (Lipinski definition) is 1. The number of rotatable bonds is 3. The van der Waals surface area contributed by atoms with Crippen LogP contribution < -0.4 is 5.73 Å². The number of benzene rings is 1. The van der Waals surface area contributed by atoms with Crippen LogP contribution in [-0.4, -0.2) is 13.1 Å². The predicted molar refractivity (Wildman–Crippen MR) is 60.7 cm³/mol. The maximum Gasteiger partial charge on any atom is 0.308 e. The van der Waals surface area contributed by atoms with Crippen molar-refractivity contribution in [3.63, 3.8) is 0 Å². The summed E-state index contributed by atoms with van der Waals surface area (Å²) in [5.74, 6) is -0.456. The van der Waals surface area contributed by atoms with Gasteiger partial charge in [-0.15, -0.1) is 0 Å². The van der Waals surface area contributed by atoms with Crippen molar-refractivity contribution in [1.29, 1.82) is 0 Å². The Kier molecular flexibility index (Phi) is 3.97. The van der Waals surface area contributed by atoms with Gasteiger partial charge in [0.1, 0.15) is 0 Å². The molecule has 0 fully saturated rings. The first-order valence-corrected chi connectivity index (χ1v) is 5.04. The molecule has 1 aromatic carbocycles. The molecule has 1 aromatic rings. The second kappa shape index (κ2) is 5.03. The van der Waals surface area contributed by atoms with Gasteiger partial charge in [0.05, 0.1) is 13.0 Å². The van der Waals surface area contributed by atoms with Crippen molar-refractivity contribution in [3.05, 3.63) is 28.8 Å². The third kappa shape index (κ3) is 3.13. The van der Waals surface area contributed by atoms with Gasteiger partial charge in [0.15, 0.2) is 0 Å². The van der Waals surface area contributed by atoms with Crippen LogP contribution in [0.5, 0.6) is 0 Å². The van der Waals surface area contributed by atoms with Crippen molar-refractivity contribution in [1.82, 2.24) is 0 Å². The maximum atomic E-state index is 11.2. The summed E-state index contributed by atoms with van der Waals surface area (Å²) < 4.78 is 4.64. The highest BCUT2D eigenvalue weighted by Gasteiger charge is 2.15. The van der Waals surface area contributed by atoms with Gasteiger partial charge in [0.2, 0.25) is 0 Å². The predicted octanol–water partition coefficient (Wildman–Crippen LogP) is 2.27. The van der Waals surface area contributed by atoms with Gasteiger partial charge < -0.3 is 10.5 Å². The summed E-state index contributed by atoms with van der Waals surface area (Å²) >= 11 is 5.98. The number of esters is 1. The lowest BCUT2D eigenvalue weighted by molar-refractivity contribution is -0.144. The van der Waals surface area contributed by atoms with Crippen molar-refractivity contribution in [2.24, 2.45) is 5.92 Å². The normalized spacial score (nSPS) is 12.2. The Morgan fingerprint density at radius 1 is 1.60 bits per heavy atom. The third-order valence-electron chi connectivity index (χ3n) is 2.20. The summed E-state index contributed by atoms with van der Waals surface area (Å²) in [6.45, 7) is 1.80. The van der Waals surface area contributed by atoms with Gasteiger partial charge in [-0.3, -0.25) is 4.79 Å². The van der Waals surface area contributed by atoms with Crippen molar-refractivity contribution < 1.29 is 9.53 Å². The quantitative estimate of drug-likeness (QED) is 0.637. The average Bonchev–Trinajstić information content (AvgIpc) is 2.22. The third-order valence-corrected chi connectivity index (χ3v) is 2.57. The van der Waals surface area contributed by atoms with Crippen LogP contribution in [0.4, 0.5) is 5.69 Å². The Balaban J connectivity index is 2.80. The lowest BCUT2D eigenvalue weighted by Gasteiger charge is -2.10. The van der Waals surface area contributed by atoms with E-state index in [1.165, 1.54) is 7.11 Å². The molecule has 0 radical (unpaired) electrons. The number of methoxy groups -OCH3 is 1. The highest BCUT2D eigenvalue weighted by molar-refractivity contribution is 6.31. The number of nitrogen functional groups attached to an aromatic ring is 1. The van der Waals surface area contributed by atoms with Gasteiger partial charge in [-0.2, -0.15) is 0 Å². The molecule has 0 aliphatic rings. The van der Waals surface area contributed by atoms with Crippen LogP contribution in [0, 0.1) is 5.92 Å². The zero-order valence-electron chi connectivity index (χ0n) is 8.79.